The van der Waals surface area contributed by atoms with E-state index in [2.05, 4.69) is 52.0 Å². The van der Waals surface area contributed by atoms with E-state index in [1.807, 2.05) is 0 Å². The molecule has 2 unspecified atom stereocenters. The molecule has 0 amide bonds. The van der Waals surface area contributed by atoms with E-state index in [0.29, 0.717) is 11.8 Å². The van der Waals surface area contributed by atoms with Crippen LogP contribution in [0.1, 0.15) is 46.5 Å². The maximum atomic E-state index is 6.11. The van der Waals surface area contributed by atoms with E-state index in [1.165, 1.54) is 6.42 Å². The van der Waals surface area contributed by atoms with Crippen LogP contribution >= 0.6 is 15.9 Å². The monoisotopic (exact) mass is 341 g/mol. The third-order valence-corrected chi connectivity index (χ3v) is 4.20. The van der Waals surface area contributed by atoms with Crippen LogP contribution in [0.25, 0.3) is 0 Å². The van der Waals surface area contributed by atoms with Gasteiger partial charge in [0.1, 0.15) is 6.10 Å². The van der Waals surface area contributed by atoms with Gasteiger partial charge in [-0.15, -0.1) is 0 Å². The molecule has 1 aromatic rings. The number of aromatic nitrogens is 2. The minimum Gasteiger partial charge on any atom is -0.473 e. The fraction of sp³-hybridized carbons (Fsp3) is 0.733. The molecule has 0 aliphatic heterocycles. The molecule has 0 spiro atoms. The maximum Gasteiger partial charge on any atom is 0.233 e. The summed E-state index contributed by atoms with van der Waals surface area (Å²) < 4.78 is 6.93. The Bertz CT molecular complexity index is 431. The Labute approximate surface area is 129 Å². The zero-order chi connectivity index (χ0) is 14.5. The van der Waals surface area contributed by atoms with E-state index in [0.717, 1.165) is 42.1 Å². The third-order valence-electron chi connectivity index (χ3n) is 3.66. The summed E-state index contributed by atoms with van der Waals surface area (Å²) in [4.78, 5) is 8.71. The molecule has 0 radical (unpaired) electrons. The fourth-order valence-electron chi connectivity index (χ4n) is 2.88. The highest BCUT2D eigenvalue weighted by atomic mass is 79.9. The molecule has 1 heterocycles. The summed E-state index contributed by atoms with van der Waals surface area (Å²) in [5.41, 5.74) is 0. The molecule has 0 saturated heterocycles. The Morgan fingerprint density at radius 2 is 2.00 bits per heavy atom. The SMILES string of the molecule is CCCNc1ncc(Br)c(OC2CC(C)CC(C)C2)n1. The van der Waals surface area contributed by atoms with Crippen LogP contribution in [0.15, 0.2) is 10.7 Å². The van der Waals surface area contributed by atoms with Gasteiger partial charge in [-0.2, -0.15) is 4.98 Å². The van der Waals surface area contributed by atoms with Gasteiger partial charge in [0.25, 0.3) is 0 Å². The Balaban J connectivity index is 2.03. The highest BCUT2D eigenvalue weighted by Gasteiger charge is 2.26. The fourth-order valence-corrected chi connectivity index (χ4v) is 3.17. The zero-order valence-corrected chi connectivity index (χ0v) is 14.1. The molecule has 5 heteroatoms. The molecule has 4 nitrogen and oxygen atoms in total. The molecule has 1 aromatic heterocycles. The summed E-state index contributed by atoms with van der Waals surface area (Å²) in [6.45, 7) is 7.59. The highest BCUT2D eigenvalue weighted by molar-refractivity contribution is 9.10. The van der Waals surface area contributed by atoms with Crippen molar-refractivity contribution in [2.45, 2.75) is 52.6 Å². The summed E-state index contributed by atoms with van der Waals surface area (Å²) in [5.74, 6) is 2.75. The van der Waals surface area contributed by atoms with Gasteiger partial charge in [-0.25, -0.2) is 4.98 Å². The lowest BCUT2D eigenvalue weighted by Gasteiger charge is -2.31. The Morgan fingerprint density at radius 3 is 2.65 bits per heavy atom. The van der Waals surface area contributed by atoms with Gasteiger partial charge in [0.05, 0.1) is 10.7 Å². The summed E-state index contributed by atoms with van der Waals surface area (Å²) in [5, 5.41) is 3.19. The minimum absolute atomic E-state index is 0.263. The summed E-state index contributed by atoms with van der Waals surface area (Å²) in [6, 6.07) is 0. The van der Waals surface area contributed by atoms with Crippen molar-refractivity contribution in [3.63, 3.8) is 0 Å². The molecular formula is C15H24BrN3O. The third kappa shape index (κ3) is 4.33. The van der Waals surface area contributed by atoms with Gasteiger partial charge in [0.15, 0.2) is 0 Å². The number of nitrogens with zero attached hydrogens (tertiary/aromatic N) is 2. The number of hydrogen-bond acceptors (Lipinski definition) is 4. The normalized spacial score (nSPS) is 26.3. The van der Waals surface area contributed by atoms with Crippen molar-refractivity contribution in [3.8, 4) is 5.88 Å². The van der Waals surface area contributed by atoms with Crippen LogP contribution in [0.3, 0.4) is 0 Å². The van der Waals surface area contributed by atoms with Crippen LogP contribution in [-0.4, -0.2) is 22.6 Å². The lowest BCUT2D eigenvalue weighted by atomic mass is 9.82. The van der Waals surface area contributed by atoms with Crippen LogP contribution in [0.5, 0.6) is 5.88 Å². The second-order valence-electron chi connectivity index (χ2n) is 5.93. The molecule has 1 aliphatic rings. The van der Waals surface area contributed by atoms with Crippen molar-refractivity contribution in [3.05, 3.63) is 10.7 Å². The van der Waals surface area contributed by atoms with Crippen molar-refractivity contribution >= 4 is 21.9 Å². The van der Waals surface area contributed by atoms with Gasteiger partial charge in [0, 0.05) is 6.54 Å². The first kappa shape index (κ1) is 15.5. The van der Waals surface area contributed by atoms with Crippen LogP contribution < -0.4 is 10.1 Å². The molecule has 0 aromatic carbocycles. The van der Waals surface area contributed by atoms with Gasteiger partial charge in [-0.1, -0.05) is 20.8 Å². The molecule has 112 valence electrons. The number of halogens is 1. The van der Waals surface area contributed by atoms with Gasteiger partial charge in [-0.05, 0) is 53.4 Å². The molecule has 2 atom stereocenters. The molecule has 20 heavy (non-hydrogen) atoms. The van der Waals surface area contributed by atoms with Gasteiger partial charge in [-0.3, -0.25) is 0 Å². The smallest absolute Gasteiger partial charge is 0.233 e. The molecule has 1 aliphatic carbocycles. The minimum atomic E-state index is 0.263. The number of rotatable bonds is 5. The predicted molar refractivity (Wildman–Crippen MR) is 85.1 cm³/mol. The second-order valence-corrected chi connectivity index (χ2v) is 6.79. The van der Waals surface area contributed by atoms with Crippen molar-refractivity contribution in [2.75, 3.05) is 11.9 Å². The second kappa shape index (κ2) is 7.25. The van der Waals surface area contributed by atoms with E-state index in [9.17, 15) is 0 Å². The molecule has 1 saturated carbocycles. The average molecular weight is 342 g/mol. The van der Waals surface area contributed by atoms with Crippen molar-refractivity contribution in [1.29, 1.82) is 0 Å². The first-order valence-corrected chi connectivity index (χ1v) is 8.30. The lowest BCUT2D eigenvalue weighted by molar-refractivity contribution is 0.0959. The van der Waals surface area contributed by atoms with Crippen LogP contribution in [0.4, 0.5) is 5.95 Å². The molecule has 1 N–H and O–H groups in total. The number of nitrogens with one attached hydrogen (secondary N) is 1. The molecule has 2 rings (SSSR count). The van der Waals surface area contributed by atoms with E-state index in [4.69, 9.17) is 4.74 Å². The van der Waals surface area contributed by atoms with E-state index >= 15 is 0 Å². The molecule has 0 bridgehead atoms. The van der Waals surface area contributed by atoms with Gasteiger partial charge < -0.3 is 10.1 Å². The first-order chi connectivity index (χ1) is 9.58. The van der Waals surface area contributed by atoms with Crippen LogP contribution in [-0.2, 0) is 0 Å². The average Bonchev–Trinajstić information content (AvgIpc) is 2.38. The summed E-state index contributed by atoms with van der Waals surface area (Å²) in [6.07, 6.45) is 6.59. The zero-order valence-electron chi connectivity index (χ0n) is 12.5. The standard InChI is InChI=1S/C15H24BrN3O/c1-4-5-17-15-18-9-13(16)14(19-15)20-12-7-10(2)6-11(3)8-12/h9-12H,4-8H2,1-3H3,(H,17,18,19). The van der Waals surface area contributed by atoms with Crippen molar-refractivity contribution in [2.24, 2.45) is 11.8 Å². The van der Waals surface area contributed by atoms with Gasteiger partial charge >= 0.3 is 0 Å². The van der Waals surface area contributed by atoms with Crippen molar-refractivity contribution in [1.82, 2.24) is 9.97 Å². The maximum absolute atomic E-state index is 6.11. The Morgan fingerprint density at radius 1 is 1.30 bits per heavy atom. The van der Waals surface area contributed by atoms with E-state index < -0.39 is 0 Å². The van der Waals surface area contributed by atoms with Gasteiger partial charge in [0.2, 0.25) is 11.8 Å². The molecule has 1 fully saturated rings. The highest BCUT2D eigenvalue weighted by Crippen LogP contribution is 2.33. The molecular weight excluding hydrogens is 318 g/mol. The van der Waals surface area contributed by atoms with E-state index in [1.54, 1.807) is 6.20 Å². The Kier molecular flexibility index (Phi) is 5.64. The largest absolute Gasteiger partial charge is 0.473 e. The number of anilines is 1. The number of hydrogen-bond donors (Lipinski definition) is 1. The van der Waals surface area contributed by atoms with Crippen LogP contribution in [0.2, 0.25) is 0 Å². The number of ether oxygens (including phenoxy) is 1. The van der Waals surface area contributed by atoms with E-state index in [-0.39, 0.29) is 6.10 Å². The first-order valence-electron chi connectivity index (χ1n) is 7.51. The topological polar surface area (TPSA) is 47.0 Å². The Hall–Kier alpha value is -0.840. The van der Waals surface area contributed by atoms with Crippen LogP contribution in [0, 0.1) is 11.8 Å². The quantitative estimate of drug-likeness (QED) is 0.868. The summed E-state index contributed by atoms with van der Waals surface area (Å²) in [7, 11) is 0. The van der Waals surface area contributed by atoms with Crippen molar-refractivity contribution < 1.29 is 4.74 Å². The lowest BCUT2D eigenvalue weighted by Crippen LogP contribution is -2.29. The predicted octanol–water partition coefficient (Wildman–Crippen LogP) is 4.26. The summed E-state index contributed by atoms with van der Waals surface area (Å²) >= 11 is 3.48.